The summed E-state index contributed by atoms with van der Waals surface area (Å²) in [6.45, 7) is 2.75. The van der Waals surface area contributed by atoms with Gasteiger partial charge in [-0.15, -0.1) is 0 Å². The van der Waals surface area contributed by atoms with Gasteiger partial charge >= 0.3 is 0 Å². The summed E-state index contributed by atoms with van der Waals surface area (Å²) in [6, 6.07) is 12.4. The molecular formula is C16H19BrN2O. The van der Waals surface area contributed by atoms with Gasteiger partial charge in [0.15, 0.2) is 0 Å². The topological polar surface area (TPSA) is 34.1 Å². The average molecular weight is 335 g/mol. The van der Waals surface area contributed by atoms with E-state index in [1.165, 1.54) is 5.56 Å². The van der Waals surface area contributed by atoms with Gasteiger partial charge in [0.25, 0.3) is 0 Å². The Morgan fingerprint density at radius 1 is 1.30 bits per heavy atom. The minimum Gasteiger partial charge on any atom is -0.492 e. The Bertz CT molecular complexity index is 545. The zero-order valence-electron chi connectivity index (χ0n) is 11.8. The van der Waals surface area contributed by atoms with E-state index in [9.17, 15) is 0 Å². The van der Waals surface area contributed by atoms with Crippen molar-refractivity contribution in [3.63, 3.8) is 0 Å². The van der Waals surface area contributed by atoms with Crippen LogP contribution in [0.25, 0.3) is 0 Å². The summed E-state index contributed by atoms with van der Waals surface area (Å²) >= 11 is 3.56. The van der Waals surface area contributed by atoms with Crippen molar-refractivity contribution < 1.29 is 4.74 Å². The molecule has 0 saturated carbocycles. The molecule has 0 bridgehead atoms. The highest BCUT2D eigenvalue weighted by Gasteiger charge is 2.07. The van der Waals surface area contributed by atoms with Gasteiger partial charge in [-0.2, -0.15) is 0 Å². The first-order chi connectivity index (χ1) is 9.70. The van der Waals surface area contributed by atoms with E-state index in [4.69, 9.17) is 4.74 Å². The predicted octanol–water partition coefficient (Wildman–Crippen LogP) is 3.75. The highest BCUT2D eigenvalue weighted by molar-refractivity contribution is 9.10. The minimum atomic E-state index is 0.328. The molecule has 0 radical (unpaired) electrons. The molecule has 0 aliphatic carbocycles. The van der Waals surface area contributed by atoms with Crippen molar-refractivity contribution in [2.24, 2.45) is 0 Å². The van der Waals surface area contributed by atoms with E-state index in [0.29, 0.717) is 12.6 Å². The van der Waals surface area contributed by atoms with E-state index < -0.39 is 0 Å². The molecule has 3 nitrogen and oxygen atoms in total. The van der Waals surface area contributed by atoms with Crippen molar-refractivity contribution >= 4 is 15.9 Å². The van der Waals surface area contributed by atoms with Gasteiger partial charge in [-0.3, -0.25) is 4.98 Å². The number of nitrogens with zero attached hydrogens (tertiary/aromatic N) is 1. The van der Waals surface area contributed by atoms with E-state index in [-0.39, 0.29) is 0 Å². The molecule has 1 atom stereocenters. The zero-order valence-corrected chi connectivity index (χ0v) is 13.4. The molecular weight excluding hydrogens is 316 g/mol. The number of hydrogen-bond acceptors (Lipinski definition) is 3. The predicted molar refractivity (Wildman–Crippen MR) is 85.1 cm³/mol. The van der Waals surface area contributed by atoms with Crippen LogP contribution in [-0.4, -0.2) is 18.6 Å². The summed E-state index contributed by atoms with van der Waals surface area (Å²) in [6.07, 6.45) is 2.61. The van der Waals surface area contributed by atoms with E-state index >= 15 is 0 Å². The van der Waals surface area contributed by atoms with Crippen LogP contribution in [0, 0.1) is 0 Å². The van der Waals surface area contributed by atoms with Crippen LogP contribution in [0.5, 0.6) is 5.75 Å². The van der Waals surface area contributed by atoms with Gasteiger partial charge in [0.05, 0.1) is 11.1 Å². The molecule has 1 heterocycles. The fourth-order valence-electron chi connectivity index (χ4n) is 1.88. The van der Waals surface area contributed by atoms with Gasteiger partial charge in [0, 0.05) is 24.4 Å². The standard InChI is InChI=1S/C16H19BrN2O/c1-12(18-2)13-6-7-16(15(17)11-13)20-10-8-14-5-3-4-9-19-14/h3-7,9,11-12,18H,8,10H2,1-2H3. The Labute approximate surface area is 128 Å². The van der Waals surface area contributed by atoms with Gasteiger partial charge in [0.1, 0.15) is 5.75 Å². The maximum Gasteiger partial charge on any atom is 0.133 e. The molecule has 0 aliphatic heterocycles. The number of hydrogen-bond donors (Lipinski definition) is 1. The van der Waals surface area contributed by atoms with Crippen molar-refractivity contribution in [2.75, 3.05) is 13.7 Å². The molecule has 106 valence electrons. The van der Waals surface area contributed by atoms with Crippen LogP contribution < -0.4 is 10.1 Å². The lowest BCUT2D eigenvalue weighted by molar-refractivity contribution is 0.318. The van der Waals surface area contributed by atoms with Gasteiger partial charge in [-0.1, -0.05) is 12.1 Å². The molecule has 0 amide bonds. The first-order valence-electron chi connectivity index (χ1n) is 6.70. The van der Waals surface area contributed by atoms with E-state index in [1.807, 2.05) is 31.3 Å². The second-order valence-corrected chi connectivity index (χ2v) is 5.47. The summed E-state index contributed by atoms with van der Waals surface area (Å²) in [5.74, 6) is 0.869. The monoisotopic (exact) mass is 334 g/mol. The van der Waals surface area contributed by atoms with Crippen molar-refractivity contribution in [1.29, 1.82) is 0 Å². The van der Waals surface area contributed by atoms with Gasteiger partial charge in [-0.25, -0.2) is 0 Å². The number of ether oxygens (including phenoxy) is 1. The molecule has 0 spiro atoms. The summed E-state index contributed by atoms with van der Waals surface area (Å²) in [4.78, 5) is 4.28. The summed E-state index contributed by atoms with van der Waals surface area (Å²) < 4.78 is 6.79. The van der Waals surface area contributed by atoms with Crippen molar-refractivity contribution in [3.05, 3.63) is 58.3 Å². The van der Waals surface area contributed by atoms with Crippen LogP contribution in [0.3, 0.4) is 0 Å². The van der Waals surface area contributed by atoms with E-state index in [2.05, 4.69) is 45.3 Å². The lowest BCUT2D eigenvalue weighted by Gasteiger charge is -2.13. The molecule has 1 aromatic carbocycles. The number of halogens is 1. The summed E-state index contributed by atoms with van der Waals surface area (Å²) in [7, 11) is 1.95. The maximum atomic E-state index is 5.80. The number of nitrogens with one attached hydrogen (secondary N) is 1. The molecule has 1 unspecified atom stereocenters. The third-order valence-corrected chi connectivity index (χ3v) is 3.85. The Morgan fingerprint density at radius 2 is 2.15 bits per heavy atom. The lowest BCUT2D eigenvalue weighted by atomic mass is 10.1. The second kappa shape index (κ2) is 7.41. The van der Waals surface area contributed by atoms with Crippen LogP contribution >= 0.6 is 15.9 Å². The maximum absolute atomic E-state index is 5.80. The van der Waals surface area contributed by atoms with Crippen LogP contribution in [0.15, 0.2) is 47.1 Å². The molecule has 0 saturated heterocycles. The average Bonchev–Trinajstić information content (AvgIpc) is 2.49. The third-order valence-electron chi connectivity index (χ3n) is 3.23. The fourth-order valence-corrected chi connectivity index (χ4v) is 2.39. The molecule has 0 fully saturated rings. The number of benzene rings is 1. The molecule has 2 rings (SSSR count). The molecule has 2 aromatic rings. The number of pyridine rings is 1. The lowest BCUT2D eigenvalue weighted by Crippen LogP contribution is -2.12. The molecule has 0 aliphatic rings. The number of rotatable bonds is 6. The molecule has 4 heteroatoms. The van der Waals surface area contributed by atoms with Crippen LogP contribution in [0.2, 0.25) is 0 Å². The minimum absolute atomic E-state index is 0.328. The van der Waals surface area contributed by atoms with E-state index in [0.717, 1.165) is 22.3 Å². The van der Waals surface area contributed by atoms with Crippen LogP contribution in [0.1, 0.15) is 24.2 Å². The number of aromatic nitrogens is 1. The fraction of sp³-hybridized carbons (Fsp3) is 0.312. The van der Waals surface area contributed by atoms with Gasteiger partial charge in [0.2, 0.25) is 0 Å². The van der Waals surface area contributed by atoms with Crippen LogP contribution in [0.4, 0.5) is 0 Å². The first kappa shape index (κ1) is 15.0. The SMILES string of the molecule is CNC(C)c1ccc(OCCc2ccccn2)c(Br)c1. The van der Waals surface area contributed by atoms with Gasteiger partial charge < -0.3 is 10.1 Å². The summed E-state index contributed by atoms with van der Waals surface area (Å²) in [5.41, 5.74) is 2.28. The van der Waals surface area contributed by atoms with Crippen molar-refractivity contribution in [1.82, 2.24) is 10.3 Å². The summed E-state index contributed by atoms with van der Waals surface area (Å²) in [5, 5.41) is 3.22. The van der Waals surface area contributed by atoms with Gasteiger partial charge in [-0.05, 0) is 59.7 Å². The van der Waals surface area contributed by atoms with E-state index in [1.54, 1.807) is 6.20 Å². The Kier molecular flexibility index (Phi) is 5.56. The largest absolute Gasteiger partial charge is 0.492 e. The highest BCUT2D eigenvalue weighted by atomic mass is 79.9. The third kappa shape index (κ3) is 4.05. The molecule has 20 heavy (non-hydrogen) atoms. The zero-order chi connectivity index (χ0) is 14.4. The Balaban J connectivity index is 1.93. The first-order valence-corrected chi connectivity index (χ1v) is 7.49. The molecule has 1 aromatic heterocycles. The Morgan fingerprint density at radius 3 is 2.80 bits per heavy atom. The highest BCUT2D eigenvalue weighted by Crippen LogP contribution is 2.28. The van der Waals surface area contributed by atoms with Crippen molar-refractivity contribution in [3.8, 4) is 5.75 Å². The quantitative estimate of drug-likeness (QED) is 0.873. The van der Waals surface area contributed by atoms with Crippen molar-refractivity contribution in [2.45, 2.75) is 19.4 Å². The van der Waals surface area contributed by atoms with Crippen LogP contribution in [-0.2, 0) is 6.42 Å². The smallest absolute Gasteiger partial charge is 0.133 e. The Hall–Kier alpha value is -1.39. The molecule has 1 N–H and O–H groups in total. The normalized spacial score (nSPS) is 12.2. The second-order valence-electron chi connectivity index (χ2n) is 4.62.